The average Bonchev–Trinajstić information content (AvgIpc) is 3.24. The number of primary amides is 1. The number of carbonyl (C=O) groups is 2. The highest BCUT2D eigenvalue weighted by Gasteiger charge is 2.27. The van der Waals surface area contributed by atoms with E-state index in [1.54, 1.807) is 22.9 Å². The van der Waals surface area contributed by atoms with Gasteiger partial charge in [0.05, 0.1) is 5.56 Å². The molecular weight excluding hydrogens is 318 g/mol. The molecule has 0 saturated carbocycles. The maximum absolute atomic E-state index is 12.4. The van der Waals surface area contributed by atoms with E-state index in [0.717, 1.165) is 18.7 Å². The number of hydrogen-bond donors (Lipinski definition) is 2. The van der Waals surface area contributed by atoms with Crippen molar-refractivity contribution in [3.63, 3.8) is 0 Å². The molecule has 1 aliphatic rings. The van der Waals surface area contributed by atoms with Crippen LogP contribution in [-0.4, -0.2) is 40.7 Å². The first-order valence-electron chi connectivity index (χ1n) is 8.45. The Morgan fingerprint density at radius 3 is 2.72 bits per heavy atom. The molecule has 0 radical (unpaired) electrons. The molecule has 1 aliphatic heterocycles. The van der Waals surface area contributed by atoms with Gasteiger partial charge in [-0.15, -0.1) is 0 Å². The highest BCUT2D eigenvalue weighted by Crippen LogP contribution is 2.24. The van der Waals surface area contributed by atoms with Gasteiger partial charge >= 0.3 is 0 Å². The molecule has 3 rings (SSSR count). The third kappa shape index (κ3) is 3.65. The second-order valence-electron chi connectivity index (χ2n) is 6.56. The first-order valence-corrected chi connectivity index (χ1v) is 8.45. The maximum atomic E-state index is 12.4. The molecule has 2 heterocycles. The van der Waals surface area contributed by atoms with Crippen LogP contribution in [0.3, 0.4) is 0 Å². The number of amides is 2. The standard InChI is InChI=1S/C18H23N5O2/c1-12(2)23-10-8-15(21-23)18(25)20-13-7-9-22(11-13)16-6-4-3-5-14(16)17(19)24/h3-6,8,10,12-13H,7,9,11H2,1-2H3,(H2,19,24)(H,20,25)/t13-/m0/s1. The van der Waals surface area contributed by atoms with Gasteiger partial charge in [0.1, 0.15) is 5.69 Å². The zero-order valence-electron chi connectivity index (χ0n) is 14.5. The van der Waals surface area contributed by atoms with E-state index in [0.29, 0.717) is 17.8 Å². The molecule has 132 valence electrons. The van der Waals surface area contributed by atoms with Crippen LogP contribution in [0.4, 0.5) is 5.69 Å². The Labute approximate surface area is 146 Å². The summed E-state index contributed by atoms with van der Waals surface area (Å²) in [5, 5.41) is 7.32. The lowest BCUT2D eigenvalue weighted by Gasteiger charge is -2.21. The largest absolute Gasteiger partial charge is 0.369 e. The summed E-state index contributed by atoms with van der Waals surface area (Å²) in [5.41, 5.74) is 7.20. The van der Waals surface area contributed by atoms with E-state index in [2.05, 4.69) is 15.3 Å². The minimum absolute atomic E-state index is 0.0117. The number of hydrogen-bond acceptors (Lipinski definition) is 4. The van der Waals surface area contributed by atoms with Gasteiger partial charge in [-0.2, -0.15) is 5.10 Å². The van der Waals surface area contributed by atoms with Crippen molar-refractivity contribution in [2.45, 2.75) is 32.4 Å². The Hall–Kier alpha value is -2.83. The average molecular weight is 341 g/mol. The van der Waals surface area contributed by atoms with Crippen LogP contribution in [0, 0.1) is 0 Å². The highest BCUT2D eigenvalue weighted by molar-refractivity contribution is 5.98. The van der Waals surface area contributed by atoms with Gasteiger partial charge in [-0.1, -0.05) is 12.1 Å². The minimum atomic E-state index is -0.442. The monoisotopic (exact) mass is 341 g/mol. The number of anilines is 1. The molecule has 0 aliphatic carbocycles. The van der Waals surface area contributed by atoms with Gasteiger partial charge in [-0.3, -0.25) is 14.3 Å². The van der Waals surface area contributed by atoms with Gasteiger partial charge in [0.25, 0.3) is 11.8 Å². The van der Waals surface area contributed by atoms with Crippen LogP contribution in [0.25, 0.3) is 0 Å². The summed E-state index contributed by atoms with van der Waals surface area (Å²) >= 11 is 0. The second-order valence-corrected chi connectivity index (χ2v) is 6.56. The fourth-order valence-corrected chi connectivity index (χ4v) is 3.06. The molecule has 0 spiro atoms. The van der Waals surface area contributed by atoms with Crippen LogP contribution >= 0.6 is 0 Å². The van der Waals surface area contributed by atoms with Crippen LogP contribution in [0.1, 0.15) is 47.2 Å². The van der Waals surface area contributed by atoms with Crippen molar-refractivity contribution < 1.29 is 9.59 Å². The molecule has 1 atom stereocenters. The molecule has 1 aromatic carbocycles. The Balaban J connectivity index is 1.65. The zero-order chi connectivity index (χ0) is 18.0. The van der Waals surface area contributed by atoms with Gasteiger partial charge in [-0.25, -0.2) is 0 Å². The SMILES string of the molecule is CC(C)n1ccc(C(=O)N[C@H]2CCN(c3ccccc3C(N)=O)C2)n1. The number of nitrogens with one attached hydrogen (secondary N) is 1. The van der Waals surface area contributed by atoms with Crippen molar-refractivity contribution in [2.24, 2.45) is 5.73 Å². The van der Waals surface area contributed by atoms with Crippen molar-refractivity contribution in [2.75, 3.05) is 18.0 Å². The van der Waals surface area contributed by atoms with Gasteiger partial charge < -0.3 is 16.0 Å². The first kappa shape index (κ1) is 17.0. The highest BCUT2D eigenvalue weighted by atomic mass is 16.2. The third-order valence-electron chi connectivity index (χ3n) is 4.40. The van der Waals surface area contributed by atoms with Crippen molar-refractivity contribution in [1.82, 2.24) is 15.1 Å². The lowest BCUT2D eigenvalue weighted by atomic mass is 10.1. The second kappa shape index (κ2) is 6.96. The summed E-state index contributed by atoms with van der Waals surface area (Å²) in [5.74, 6) is -0.614. The topological polar surface area (TPSA) is 93.3 Å². The Morgan fingerprint density at radius 1 is 1.28 bits per heavy atom. The first-order chi connectivity index (χ1) is 12.0. The fraction of sp³-hybridized carbons (Fsp3) is 0.389. The summed E-state index contributed by atoms with van der Waals surface area (Å²) in [6.45, 7) is 5.43. The maximum Gasteiger partial charge on any atom is 0.272 e. The fourth-order valence-electron chi connectivity index (χ4n) is 3.06. The number of rotatable bonds is 5. The van der Waals surface area contributed by atoms with Crippen LogP contribution in [0.2, 0.25) is 0 Å². The molecular formula is C18H23N5O2. The number of carbonyl (C=O) groups excluding carboxylic acids is 2. The van der Waals surface area contributed by atoms with Crippen molar-refractivity contribution >= 4 is 17.5 Å². The minimum Gasteiger partial charge on any atom is -0.369 e. The molecule has 3 N–H and O–H groups in total. The number of para-hydroxylation sites is 1. The van der Waals surface area contributed by atoms with Gasteiger partial charge in [0.15, 0.2) is 0 Å². The van der Waals surface area contributed by atoms with Crippen LogP contribution in [-0.2, 0) is 0 Å². The molecule has 1 aromatic heterocycles. The van der Waals surface area contributed by atoms with Gasteiger partial charge in [0.2, 0.25) is 0 Å². The number of nitrogens with zero attached hydrogens (tertiary/aromatic N) is 3. The molecule has 7 heteroatoms. The predicted molar refractivity (Wildman–Crippen MR) is 95.7 cm³/mol. The van der Waals surface area contributed by atoms with Crippen LogP contribution in [0.5, 0.6) is 0 Å². The normalized spacial score (nSPS) is 17.1. The number of aromatic nitrogens is 2. The molecule has 25 heavy (non-hydrogen) atoms. The van der Waals surface area contributed by atoms with E-state index in [1.165, 1.54) is 0 Å². The molecule has 1 saturated heterocycles. The number of nitrogens with two attached hydrogens (primary N) is 1. The van der Waals surface area contributed by atoms with E-state index in [9.17, 15) is 9.59 Å². The van der Waals surface area contributed by atoms with Crippen LogP contribution in [0.15, 0.2) is 36.5 Å². The summed E-state index contributed by atoms with van der Waals surface area (Å²) in [6.07, 6.45) is 2.62. The van der Waals surface area contributed by atoms with Crippen LogP contribution < -0.4 is 16.0 Å². The number of benzene rings is 1. The van der Waals surface area contributed by atoms with E-state index >= 15 is 0 Å². The summed E-state index contributed by atoms with van der Waals surface area (Å²) in [7, 11) is 0. The lowest BCUT2D eigenvalue weighted by molar-refractivity contribution is 0.0933. The molecule has 0 bridgehead atoms. The molecule has 0 unspecified atom stereocenters. The van der Waals surface area contributed by atoms with Gasteiger partial charge in [0, 0.05) is 37.1 Å². The van der Waals surface area contributed by atoms with Crippen molar-refractivity contribution in [3.8, 4) is 0 Å². The summed E-state index contributed by atoms with van der Waals surface area (Å²) in [6, 6.07) is 9.24. The third-order valence-corrected chi connectivity index (χ3v) is 4.40. The molecule has 1 fully saturated rings. The van der Waals surface area contributed by atoms with E-state index in [1.807, 2.05) is 32.2 Å². The van der Waals surface area contributed by atoms with E-state index < -0.39 is 5.91 Å². The van der Waals surface area contributed by atoms with Gasteiger partial charge in [-0.05, 0) is 38.5 Å². The Morgan fingerprint density at radius 2 is 2.04 bits per heavy atom. The smallest absolute Gasteiger partial charge is 0.272 e. The lowest BCUT2D eigenvalue weighted by Crippen LogP contribution is -2.37. The van der Waals surface area contributed by atoms with Crippen molar-refractivity contribution in [1.29, 1.82) is 0 Å². The molecule has 2 amide bonds. The van der Waals surface area contributed by atoms with E-state index in [-0.39, 0.29) is 18.0 Å². The van der Waals surface area contributed by atoms with Crippen molar-refractivity contribution in [3.05, 3.63) is 47.8 Å². The predicted octanol–water partition coefficient (Wildman–Crippen LogP) is 1.57. The molecule has 2 aromatic rings. The van der Waals surface area contributed by atoms with E-state index in [4.69, 9.17) is 5.73 Å². The quantitative estimate of drug-likeness (QED) is 0.863. The zero-order valence-corrected chi connectivity index (χ0v) is 14.5. The Bertz CT molecular complexity index is 783. The Kier molecular flexibility index (Phi) is 4.74. The molecule has 7 nitrogen and oxygen atoms in total. The summed E-state index contributed by atoms with van der Waals surface area (Å²) in [4.78, 5) is 26.1. The summed E-state index contributed by atoms with van der Waals surface area (Å²) < 4.78 is 1.76.